The molecule has 0 aliphatic heterocycles. The molecule has 2 atom stereocenters. The first kappa shape index (κ1) is 15.4. The highest BCUT2D eigenvalue weighted by atomic mass is 16.5. The van der Waals surface area contributed by atoms with Crippen LogP contribution in [0.3, 0.4) is 0 Å². The van der Waals surface area contributed by atoms with Crippen LogP contribution in [0.1, 0.15) is 42.1 Å². The molecule has 112 valence electrons. The maximum atomic E-state index is 12.3. The molecule has 2 unspecified atom stereocenters. The summed E-state index contributed by atoms with van der Waals surface area (Å²) in [5, 5.41) is 11.9. The molecule has 4 nitrogen and oxygen atoms in total. The minimum atomic E-state index is -0.223. The Morgan fingerprint density at radius 2 is 2.29 bits per heavy atom. The van der Waals surface area contributed by atoms with E-state index in [1.54, 1.807) is 25.3 Å². The molecule has 1 saturated carbocycles. The first-order valence-electron chi connectivity index (χ1n) is 7.22. The lowest BCUT2D eigenvalue weighted by Gasteiger charge is -2.13. The molecule has 0 spiro atoms. The van der Waals surface area contributed by atoms with Crippen molar-refractivity contribution < 1.29 is 14.6 Å². The van der Waals surface area contributed by atoms with Gasteiger partial charge >= 0.3 is 0 Å². The number of rotatable bonds is 3. The van der Waals surface area contributed by atoms with Crippen LogP contribution in [0.15, 0.2) is 18.2 Å². The number of hydrogen-bond acceptors (Lipinski definition) is 3. The normalized spacial score (nSPS) is 20.5. The van der Waals surface area contributed by atoms with Gasteiger partial charge in [-0.15, -0.1) is 0 Å². The van der Waals surface area contributed by atoms with E-state index in [-0.39, 0.29) is 18.6 Å². The van der Waals surface area contributed by atoms with Gasteiger partial charge < -0.3 is 15.2 Å². The maximum absolute atomic E-state index is 12.3. The molecule has 0 bridgehead atoms. The quantitative estimate of drug-likeness (QED) is 0.836. The molecular weight excluding hydrogens is 266 g/mol. The number of nitrogens with one attached hydrogen (secondary N) is 1. The first-order chi connectivity index (χ1) is 10.1. The highest BCUT2D eigenvalue weighted by Crippen LogP contribution is 2.25. The number of hydrogen-bond donors (Lipinski definition) is 2. The Morgan fingerprint density at radius 3 is 2.90 bits per heavy atom. The zero-order valence-electron chi connectivity index (χ0n) is 12.5. The van der Waals surface area contributed by atoms with Crippen LogP contribution < -0.4 is 10.1 Å². The Morgan fingerprint density at radius 1 is 1.48 bits per heavy atom. The Balaban J connectivity index is 2.13. The number of methoxy groups -OCH3 is 1. The summed E-state index contributed by atoms with van der Waals surface area (Å²) in [6, 6.07) is 5.43. The second kappa shape index (κ2) is 7.14. The Hall–Kier alpha value is -1.99. The van der Waals surface area contributed by atoms with Gasteiger partial charge in [0.2, 0.25) is 0 Å². The lowest BCUT2D eigenvalue weighted by atomic mass is 10.1. The number of ether oxygens (including phenoxy) is 1. The van der Waals surface area contributed by atoms with E-state index >= 15 is 0 Å². The summed E-state index contributed by atoms with van der Waals surface area (Å²) >= 11 is 0. The largest absolute Gasteiger partial charge is 0.495 e. The fraction of sp³-hybridized carbons (Fsp3) is 0.471. The smallest absolute Gasteiger partial charge is 0.251 e. The van der Waals surface area contributed by atoms with Gasteiger partial charge in [0.15, 0.2) is 0 Å². The molecule has 0 saturated heterocycles. The van der Waals surface area contributed by atoms with Crippen LogP contribution in [0.25, 0.3) is 0 Å². The number of aliphatic hydroxyl groups is 1. The van der Waals surface area contributed by atoms with E-state index in [1.165, 1.54) is 6.42 Å². The van der Waals surface area contributed by atoms with Crippen molar-refractivity contribution in [3.05, 3.63) is 29.3 Å². The van der Waals surface area contributed by atoms with Gasteiger partial charge in [-0.2, -0.15) is 0 Å². The van der Waals surface area contributed by atoms with Gasteiger partial charge in [0.25, 0.3) is 5.91 Å². The van der Waals surface area contributed by atoms with Crippen molar-refractivity contribution in [3.8, 4) is 17.6 Å². The summed E-state index contributed by atoms with van der Waals surface area (Å²) in [4.78, 5) is 12.3. The summed E-state index contributed by atoms with van der Waals surface area (Å²) in [6.45, 7) is 1.99. The summed E-state index contributed by atoms with van der Waals surface area (Å²) in [5.41, 5.74) is 1.18. The lowest BCUT2D eigenvalue weighted by molar-refractivity contribution is 0.0937. The van der Waals surface area contributed by atoms with Crippen molar-refractivity contribution in [1.29, 1.82) is 0 Å². The maximum Gasteiger partial charge on any atom is 0.251 e. The molecule has 0 radical (unpaired) electrons. The van der Waals surface area contributed by atoms with E-state index in [0.717, 1.165) is 12.8 Å². The molecule has 4 heteroatoms. The molecule has 1 aromatic carbocycles. The Kier molecular flexibility index (Phi) is 5.24. The molecule has 0 heterocycles. The van der Waals surface area contributed by atoms with Gasteiger partial charge in [-0.05, 0) is 43.4 Å². The van der Waals surface area contributed by atoms with Crippen LogP contribution in [0, 0.1) is 17.8 Å². The molecule has 0 aromatic heterocycles. The fourth-order valence-corrected chi connectivity index (χ4v) is 2.69. The van der Waals surface area contributed by atoms with Crippen molar-refractivity contribution >= 4 is 5.91 Å². The molecule has 2 rings (SSSR count). The number of aliphatic hydroxyl groups excluding tert-OH is 1. The highest BCUT2D eigenvalue weighted by molar-refractivity contribution is 5.95. The number of benzene rings is 1. The van der Waals surface area contributed by atoms with E-state index in [1.807, 2.05) is 0 Å². The lowest BCUT2D eigenvalue weighted by Crippen LogP contribution is -2.32. The predicted molar refractivity (Wildman–Crippen MR) is 81.2 cm³/mol. The standard InChI is InChI=1S/C17H21NO3/c1-12-5-7-15(10-12)18-17(20)14-6-8-16(21-2)13(11-14)4-3-9-19/h6,8,11-12,15,19H,5,7,9-10H2,1-2H3,(H,18,20). The minimum Gasteiger partial charge on any atom is -0.495 e. The van der Waals surface area contributed by atoms with Gasteiger partial charge in [0.05, 0.1) is 12.7 Å². The van der Waals surface area contributed by atoms with E-state index in [2.05, 4.69) is 24.1 Å². The van der Waals surface area contributed by atoms with Gasteiger partial charge in [0, 0.05) is 11.6 Å². The van der Waals surface area contributed by atoms with Gasteiger partial charge in [-0.25, -0.2) is 0 Å². The number of carbonyl (C=O) groups is 1. The average molecular weight is 287 g/mol. The first-order valence-corrected chi connectivity index (χ1v) is 7.22. The third-order valence-electron chi connectivity index (χ3n) is 3.79. The molecule has 21 heavy (non-hydrogen) atoms. The van der Waals surface area contributed by atoms with E-state index in [0.29, 0.717) is 22.8 Å². The van der Waals surface area contributed by atoms with Gasteiger partial charge in [-0.3, -0.25) is 4.79 Å². The van der Waals surface area contributed by atoms with Crippen LogP contribution in [0.4, 0.5) is 0 Å². The van der Waals surface area contributed by atoms with Crippen molar-refractivity contribution in [2.75, 3.05) is 13.7 Å². The fourth-order valence-electron chi connectivity index (χ4n) is 2.69. The molecule has 1 aliphatic rings. The molecular formula is C17H21NO3. The van der Waals surface area contributed by atoms with Crippen LogP contribution >= 0.6 is 0 Å². The SMILES string of the molecule is COc1ccc(C(=O)NC2CCC(C)C2)cc1C#CCO. The van der Waals surface area contributed by atoms with Crippen molar-refractivity contribution in [2.45, 2.75) is 32.2 Å². The summed E-state index contributed by atoms with van der Waals surface area (Å²) < 4.78 is 5.21. The van der Waals surface area contributed by atoms with E-state index in [9.17, 15) is 4.79 Å². The van der Waals surface area contributed by atoms with Crippen molar-refractivity contribution in [1.82, 2.24) is 5.32 Å². The van der Waals surface area contributed by atoms with E-state index < -0.39 is 0 Å². The number of amides is 1. The van der Waals surface area contributed by atoms with Crippen LogP contribution in [-0.2, 0) is 0 Å². The average Bonchev–Trinajstić information content (AvgIpc) is 2.89. The topological polar surface area (TPSA) is 58.6 Å². The summed E-state index contributed by atoms with van der Waals surface area (Å²) in [6.07, 6.45) is 3.25. The Bertz CT molecular complexity index is 571. The second-order valence-electron chi connectivity index (χ2n) is 5.46. The summed E-state index contributed by atoms with van der Waals surface area (Å²) in [7, 11) is 1.55. The highest BCUT2D eigenvalue weighted by Gasteiger charge is 2.23. The van der Waals surface area contributed by atoms with Crippen LogP contribution in [0.2, 0.25) is 0 Å². The predicted octanol–water partition coefficient (Wildman–Crippen LogP) is 1.96. The molecule has 2 N–H and O–H groups in total. The van der Waals surface area contributed by atoms with Crippen LogP contribution in [-0.4, -0.2) is 30.8 Å². The summed E-state index contributed by atoms with van der Waals surface area (Å²) in [5.74, 6) is 6.58. The molecule has 1 aliphatic carbocycles. The molecule has 1 aromatic rings. The second-order valence-corrected chi connectivity index (χ2v) is 5.46. The third-order valence-corrected chi connectivity index (χ3v) is 3.79. The zero-order valence-corrected chi connectivity index (χ0v) is 12.5. The van der Waals surface area contributed by atoms with Crippen LogP contribution in [0.5, 0.6) is 5.75 Å². The Labute approximate surface area is 125 Å². The monoisotopic (exact) mass is 287 g/mol. The zero-order chi connectivity index (χ0) is 15.2. The van der Waals surface area contributed by atoms with Gasteiger partial charge in [0.1, 0.15) is 12.4 Å². The van der Waals surface area contributed by atoms with Gasteiger partial charge in [-0.1, -0.05) is 18.8 Å². The molecule has 1 amide bonds. The number of carbonyl (C=O) groups excluding carboxylic acids is 1. The van der Waals surface area contributed by atoms with Crippen molar-refractivity contribution in [2.24, 2.45) is 5.92 Å². The minimum absolute atomic E-state index is 0.0798. The molecule has 1 fully saturated rings. The third kappa shape index (κ3) is 3.99. The van der Waals surface area contributed by atoms with E-state index in [4.69, 9.17) is 9.84 Å². The van der Waals surface area contributed by atoms with Crippen molar-refractivity contribution in [3.63, 3.8) is 0 Å².